The molecule has 8 aromatic carbocycles. The van der Waals surface area contributed by atoms with E-state index >= 15 is 0 Å². The summed E-state index contributed by atoms with van der Waals surface area (Å²) in [5.74, 6) is -3.43. The zero-order chi connectivity index (χ0) is 47.6. The maximum absolute atomic E-state index is 12.2. The van der Waals surface area contributed by atoms with E-state index in [1.807, 2.05) is 0 Å². The highest BCUT2D eigenvalue weighted by atomic mass is 16.5. The SMILES string of the molecule is Oc1ccc([C@@H]2c3c(O)cc(O)cc3[C@H]3c4c(cc(O)cc4[C@@H]2c2cc(-c4cc5c6c(cc(O)c5o4)O[C@H](c4ccc(O)cc4)[C@H]6c4cc(O)cc(O)c4)ccc2O)O[C@@H]3c2ccc(O)cc2)cc1. The van der Waals surface area contributed by atoms with Gasteiger partial charge in [0.05, 0.1) is 11.8 Å². The van der Waals surface area contributed by atoms with Crippen LogP contribution in [0.1, 0.15) is 91.5 Å². The summed E-state index contributed by atoms with van der Waals surface area (Å²) < 4.78 is 19.8. The Bertz CT molecular complexity index is 3520. The van der Waals surface area contributed by atoms with Crippen LogP contribution in [0.5, 0.6) is 69.0 Å². The van der Waals surface area contributed by atoms with Crippen molar-refractivity contribution < 1.29 is 65.0 Å². The number of ether oxygens (including phenoxy) is 2. The first-order valence-electron chi connectivity index (χ1n) is 22.1. The molecule has 0 bridgehead atoms. The molecule has 1 aromatic heterocycles. The Morgan fingerprint density at radius 2 is 0.855 bits per heavy atom. The van der Waals surface area contributed by atoms with E-state index in [9.17, 15) is 51.1 Å². The zero-order valence-electron chi connectivity index (χ0n) is 36.0. The van der Waals surface area contributed by atoms with Gasteiger partial charge in [-0.3, -0.25) is 0 Å². The summed E-state index contributed by atoms with van der Waals surface area (Å²) in [5, 5.41) is 111. The minimum Gasteiger partial charge on any atom is -0.508 e. The number of hydrogen-bond acceptors (Lipinski definition) is 13. The van der Waals surface area contributed by atoms with Crippen LogP contribution >= 0.6 is 0 Å². The monoisotopic (exact) mass is 920 g/mol. The molecule has 13 heteroatoms. The fourth-order valence-electron chi connectivity index (χ4n) is 11.0. The third-order valence-corrected chi connectivity index (χ3v) is 13.8. The summed E-state index contributed by atoms with van der Waals surface area (Å²) in [4.78, 5) is 0. The van der Waals surface area contributed by atoms with E-state index in [2.05, 4.69) is 0 Å². The first-order chi connectivity index (χ1) is 33.3. The van der Waals surface area contributed by atoms with Crippen molar-refractivity contribution in [1.82, 2.24) is 0 Å². The van der Waals surface area contributed by atoms with Gasteiger partial charge in [0.15, 0.2) is 11.3 Å². The molecular formula is C56H40O13. The summed E-state index contributed by atoms with van der Waals surface area (Å²) in [6.07, 6.45) is -1.50. The third-order valence-electron chi connectivity index (χ3n) is 13.8. The molecule has 0 saturated heterocycles. The molecule has 9 aromatic rings. The molecule has 2 aliphatic heterocycles. The lowest BCUT2D eigenvalue weighted by molar-refractivity contribution is 0.221. The van der Waals surface area contributed by atoms with Crippen LogP contribution in [0.3, 0.4) is 0 Å². The Balaban J connectivity index is 1.08. The van der Waals surface area contributed by atoms with E-state index in [0.717, 1.165) is 0 Å². The molecule has 0 unspecified atom stereocenters. The van der Waals surface area contributed by atoms with Crippen LogP contribution in [0.2, 0.25) is 0 Å². The van der Waals surface area contributed by atoms with Gasteiger partial charge in [-0.2, -0.15) is 0 Å². The first kappa shape index (κ1) is 41.3. The first-order valence-corrected chi connectivity index (χ1v) is 22.1. The minimum atomic E-state index is -0.916. The number of hydrogen-bond donors (Lipinski definition) is 10. The molecule has 0 fully saturated rings. The maximum Gasteiger partial charge on any atom is 0.176 e. The fourth-order valence-corrected chi connectivity index (χ4v) is 11.0. The van der Waals surface area contributed by atoms with Gasteiger partial charge in [-0.1, -0.05) is 36.4 Å². The number of fused-ring (bicyclic) bond motifs is 5. The number of phenols is 10. The molecular weight excluding hydrogens is 881 g/mol. The van der Waals surface area contributed by atoms with Crippen molar-refractivity contribution in [2.75, 3.05) is 0 Å². The molecule has 1 aliphatic carbocycles. The molecule has 13 nitrogen and oxygen atoms in total. The van der Waals surface area contributed by atoms with Crippen molar-refractivity contribution in [2.24, 2.45) is 0 Å². The van der Waals surface area contributed by atoms with Crippen LogP contribution in [0.15, 0.2) is 150 Å². The van der Waals surface area contributed by atoms with Crippen molar-refractivity contribution in [3.63, 3.8) is 0 Å². The van der Waals surface area contributed by atoms with Crippen molar-refractivity contribution in [3.05, 3.63) is 201 Å². The number of phenolic OH excluding ortho intramolecular Hbond substituents is 10. The van der Waals surface area contributed by atoms with Gasteiger partial charge in [0, 0.05) is 69.3 Å². The maximum atomic E-state index is 12.2. The summed E-state index contributed by atoms with van der Waals surface area (Å²) in [7, 11) is 0. The van der Waals surface area contributed by atoms with E-state index in [0.29, 0.717) is 78.1 Å². The van der Waals surface area contributed by atoms with E-state index in [1.165, 1.54) is 78.9 Å². The molecule has 3 aliphatic rings. The lowest BCUT2D eigenvalue weighted by atomic mass is 9.72. The molecule has 0 spiro atoms. The topological polar surface area (TPSA) is 234 Å². The Kier molecular flexibility index (Phi) is 9.12. The summed E-state index contributed by atoms with van der Waals surface area (Å²) >= 11 is 0. The van der Waals surface area contributed by atoms with Crippen molar-refractivity contribution >= 4 is 11.0 Å². The van der Waals surface area contributed by atoms with Crippen LogP contribution in [-0.2, 0) is 0 Å². The second kappa shape index (κ2) is 15.2. The lowest BCUT2D eigenvalue weighted by Crippen LogP contribution is -2.16. The average molecular weight is 921 g/mol. The van der Waals surface area contributed by atoms with Crippen molar-refractivity contribution in [1.29, 1.82) is 0 Å². The summed E-state index contributed by atoms with van der Waals surface area (Å²) in [6.45, 7) is 0. The standard InChI is InChI=1S/C56H40O13/c57-30-8-1-25(2-9-30)47-49(38-20-36(63)22-45-51(38)53(39-19-35(62)21-42(65)50(39)47)55(68-45)27-5-12-32(59)13-6-27)37-17-28(7-14-41(37)64)44-23-40-52-46(24-43(66)56(40)67-44)69-54(26-3-10-31(58)11-4-26)48(52)29-15-33(60)18-34(61)16-29/h1-24,47-49,53-55,57-66H/t47-,48-,49-,53-,54+,55+/m0/s1. The third kappa shape index (κ3) is 6.61. The highest BCUT2D eigenvalue weighted by Crippen LogP contribution is 2.63. The van der Waals surface area contributed by atoms with E-state index in [4.69, 9.17) is 13.9 Å². The summed E-state index contributed by atoms with van der Waals surface area (Å²) in [5.41, 5.74) is 6.03. The number of aromatic hydroxyl groups is 10. The van der Waals surface area contributed by atoms with Crippen LogP contribution in [0.4, 0.5) is 0 Å². The fraction of sp³-hybridized carbons (Fsp3) is 0.107. The molecule has 0 amide bonds. The van der Waals surface area contributed by atoms with Crippen LogP contribution in [0, 0.1) is 0 Å². The number of rotatable bonds is 6. The molecule has 0 saturated carbocycles. The van der Waals surface area contributed by atoms with Crippen LogP contribution in [0.25, 0.3) is 22.3 Å². The van der Waals surface area contributed by atoms with Gasteiger partial charge in [-0.15, -0.1) is 0 Å². The van der Waals surface area contributed by atoms with E-state index in [1.54, 1.807) is 66.7 Å². The van der Waals surface area contributed by atoms with Crippen molar-refractivity contribution in [2.45, 2.75) is 35.9 Å². The Hall–Kier alpha value is -9.10. The van der Waals surface area contributed by atoms with Gasteiger partial charge in [-0.25, -0.2) is 0 Å². The van der Waals surface area contributed by atoms with Gasteiger partial charge < -0.3 is 65.0 Å². The molecule has 10 N–H and O–H groups in total. The smallest absolute Gasteiger partial charge is 0.176 e. The van der Waals surface area contributed by atoms with Crippen molar-refractivity contribution in [3.8, 4) is 80.3 Å². The summed E-state index contributed by atoms with van der Waals surface area (Å²) in [6, 6.07) is 37.8. The number of benzene rings is 8. The van der Waals surface area contributed by atoms with Gasteiger partial charge in [0.25, 0.3) is 0 Å². The van der Waals surface area contributed by atoms with Crippen LogP contribution < -0.4 is 9.47 Å². The highest BCUT2D eigenvalue weighted by Gasteiger charge is 2.48. The number of furan rings is 1. The average Bonchev–Trinajstić information content (AvgIpc) is 4.02. The Morgan fingerprint density at radius 1 is 0.319 bits per heavy atom. The van der Waals surface area contributed by atoms with E-state index < -0.39 is 35.9 Å². The van der Waals surface area contributed by atoms with E-state index in [-0.39, 0.29) is 68.8 Å². The molecule has 0 radical (unpaired) electrons. The van der Waals surface area contributed by atoms with Gasteiger partial charge in [0.1, 0.15) is 81.2 Å². The molecule has 342 valence electrons. The van der Waals surface area contributed by atoms with Gasteiger partial charge >= 0.3 is 0 Å². The van der Waals surface area contributed by atoms with Gasteiger partial charge in [-0.05, 0) is 118 Å². The second-order valence-corrected chi connectivity index (χ2v) is 17.9. The van der Waals surface area contributed by atoms with Crippen LogP contribution in [-0.4, -0.2) is 51.1 Å². The predicted molar refractivity (Wildman–Crippen MR) is 251 cm³/mol. The Morgan fingerprint density at radius 3 is 1.48 bits per heavy atom. The Labute approximate surface area is 392 Å². The molecule has 3 heterocycles. The zero-order valence-corrected chi connectivity index (χ0v) is 36.0. The van der Waals surface area contributed by atoms with Gasteiger partial charge in [0.2, 0.25) is 0 Å². The normalized spacial score (nSPS) is 19.8. The minimum absolute atomic E-state index is 0.00782. The molecule has 6 atom stereocenters. The molecule has 69 heavy (non-hydrogen) atoms. The lowest BCUT2D eigenvalue weighted by Gasteiger charge is -2.31. The quantitative estimate of drug-likeness (QED) is 0.0748. The highest BCUT2D eigenvalue weighted by molar-refractivity contribution is 5.94. The molecule has 12 rings (SSSR count). The second-order valence-electron chi connectivity index (χ2n) is 17.9. The predicted octanol–water partition coefficient (Wildman–Crippen LogP) is 11.0. The largest absolute Gasteiger partial charge is 0.508 e.